The van der Waals surface area contributed by atoms with E-state index in [1.165, 1.54) is 17.0 Å². The molecule has 10 heteroatoms. The lowest BCUT2D eigenvalue weighted by atomic mass is 10.0. The molecule has 2 amide bonds. The first-order valence-corrected chi connectivity index (χ1v) is 17.7. The summed E-state index contributed by atoms with van der Waals surface area (Å²) in [6.45, 7) is 7.62. The number of carbonyl (C=O) groups is 2. The summed E-state index contributed by atoms with van der Waals surface area (Å²) in [6.07, 6.45) is 0.248. The number of hydrogen-bond acceptors (Lipinski definition) is 4. The molecule has 0 heterocycles. The molecule has 4 rings (SSSR count). The van der Waals surface area contributed by atoms with Gasteiger partial charge < -0.3 is 10.2 Å². The number of aryl methyl sites for hydroxylation is 2. The van der Waals surface area contributed by atoms with Crippen LogP contribution in [0.3, 0.4) is 0 Å². The second-order valence-corrected chi connectivity index (χ2v) is 15.0. The molecule has 1 N–H and O–H groups in total. The highest BCUT2D eigenvalue weighted by Gasteiger charge is 2.35. The Morgan fingerprint density at radius 2 is 1.52 bits per heavy atom. The summed E-state index contributed by atoms with van der Waals surface area (Å²) in [5.41, 5.74) is 3.48. The zero-order valence-corrected chi connectivity index (χ0v) is 29.6. The van der Waals surface area contributed by atoms with Crippen LogP contribution in [0, 0.1) is 19.8 Å². The van der Waals surface area contributed by atoms with Gasteiger partial charge in [-0.1, -0.05) is 102 Å². The van der Waals surface area contributed by atoms with Gasteiger partial charge in [-0.25, -0.2) is 8.42 Å². The number of anilines is 1. The van der Waals surface area contributed by atoms with Crippen molar-refractivity contribution >= 4 is 55.1 Å². The second-order valence-electron chi connectivity index (χ2n) is 11.7. The highest BCUT2D eigenvalue weighted by Crippen LogP contribution is 2.30. The SMILES string of the molecule is Cc1ccc(S(=O)(=O)N(CC(=O)N(Cc2ccc(Br)cc2)[C@H](Cc2ccccc2)C(=O)NCC(C)C)c2ccc(Cl)cc2C)cc1. The molecule has 0 aliphatic rings. The molecule has 0 saturated carbocycles. The van der Waals surface area contributed by atoms with E-state index in [9.17, 15) is 18.0 Å². The molecular weight excluding hydrogens is 686 g/mol. The maximum atomic E-state index is 14.6. The molecule has 0 spiro atoms. The molecular formula is C36H39BrClN3O4S. The van der Waals surface area contributed by atoms with Crippen LogP contribution in [0.5, 0.6) is 0 Å². The maximum Gasteiger partial charge on any atom is 0.264 e. The van der Waals surface area contributed by atoms with Crippen LogP contribution in [0.15, 0.2) is 106 Å². The number of hydrogen-bond donors (Lipinski definition) is 1. The lowest BCUT2D eigenvalue weighted by Gasteiger charge is -2.34. The van der Waals surface area contributed by atoms with Gasteiger partial charge in [0.1, 0.15) is 12.6 Å². The average Bonchev–Trinajstić information content (AvgIpc) is 3.02. The number of sulfonamides is 1. The van der Waals surface area contributed by atoms with Gasteiger partial charge in [0.25, 0.3) is 10.0 Å². The molecule has 0 radical (unpaired) electrons. The molecule has 0 saturated heterocycles. The van der Waals surface area contributed by atoms with Crippen LogP contribution in [-0.4, -0.2) is 44.3 Å². The average molecular weight is 725 g/mol. The first-order chi connectivity index (χ1) is 21.8. The van der Waals surface area contributed by atoms with Crippen molar-refractivity contribution in [3.8, 4) is 0 Å². The van der Waals surface area contributed by atoms with Gasteiger partial charge in [0.15, 0.2) is 0 Å². The normalized spacial score (nSPS) is 12.1. The van der Waals surface area contributed by atoms with Crippen LogP contribution in [0.2, 0.25) is 5.02 Å². The number of benzene rings is 4. The van der Waals surface area contributed by atoms with Gasteiger partial charge in [0.2, 0.25) is 11.8 Å². The van der Waals surface area contributed by atoms with E-state index in [2.05, 4.69) is 21.2 Å². The zero-order valence-electron chi connectivity index (χ0n) is 26.4. The van der Waals surface area contributed by atoms with E-state index in [4.69, 9.17) is 11.6 Å². The Morgan fingerprint density at radius 3 is 2.13 bits per heavy atom. The van der Waals surface area contributed by atoms with Gasteiger partial charge in [-0.3, -0.25) is 13.9 Å². The predicted octanol–water partition coefficient (Wildman–Crippen LogP) is 7.33. The second kappa shape index (κ2) is 15.8. The highest BCUT2D eigenvalue weighted by molar-refractivity contribution is 9.10. The summed E-state index contributed by atoms with van der Waals surface area (Å²) in [5, 5.41) is 3.45. The maximum absolute atomic E-state index is 14.6. The highest BCUT2D eigenvalue weighted by atomic mass is 79.9. The number of carbonyl (C=O) groups excluding carboxylic acids is 2. The van der Waals surface area contributed by atoms with E-state index in [0.29, 0.717) is 22.8 Å². The van der Waals surface area contributed by atoms with E-state index in [1.54, 1.807) is 37.3 Å². The number of nitrogens with zero attached hydrogens (tertiary/aromatic N) is 2. The first-order valence-electron chi connectivity index (χ1n) is 15.1. The molecule has 0 bridgehead atoms. The van der Waals surface area contributed by atoms with Crippen molar-refractivity contribution in [3.05, 3.63) is 129 Å². The molecule has 7 nitrogen and oxygen atoms in total. The van der Waals surface area contributed by atoms with E-state index in [0.717, 1.165) is 25.5 Å². The predicted molar refractivity (Wildman–Crippen MR) is 188 cm³/mol. The minimum atomic E-state index is -4.20. The third-order valence-corrected chi connectivity index (χ3v) is 10.1. The zero-order chi connectivity index (χ0) is 33.4. The summed E-state index contributed by atoms with van der Waals surface area (Å²) in [6, 6.07) is 27.4. The molecule has 0 unspecified atom stereocenters. The van der Waals surface area contributed by atoms with Gasteiger partial charge in [-0.15, -0.1) is 0 Å². The summed E-state index contributed by atoms with van der Waals surface area (Å²) < 4.78 is 30.5. The molecule has 4 aromatic carbocycles. The Balaban J connectivity index is 1.82. The molecule has 0 fully saturated rings. The van der Waals surface area contributed by atoms with Crippen LogP contribution in [0.25, 0.3) is 0 Å². The molecule has 4 aromatic rings. The Bertz CT molecular complexity index is 1750. The smallest absolute Gasteiger partial charge is 0.264 e. The number of amides is 2. The van der Waals surface area contributed by atoms with Crippen molar-refractivity contribution in [1.82, 2.24) is 10.2 Å². The van der Waals surface area contributed by atoms with Gasteiger partial charge in [0, 0.05) is 29.0 Å². The van der Waals surface area contributed by atoms with Gasteiger partial charge in [0.05, 0.1) is 10.6 Å². The fourth-order valence-corrected chi connectivity index (χ4v) is 6.98. The number of nitrogens with one attached hydrogen (secondary N) is 1. The molecule has 46 heavy (non-hydrogen) atoms. The van der Waals surface area contributed by atoms with Crippen molar-refractivity contribution in [3.63, 3.8) is 0 Å². The monoisotopic (exact) mass is 723 g/mol. The molecule has 0 aliphatic heterocycles. The van der Waals surface area contributed by atoms with Gasteiger partial charge in [-0.05, 0) is 78.9 Å². The standard InChI is InChI=1S/C36H39BrClN3O4S/c1-25(2)22-39-36(43)34(21-28-8-6-5-7-9-28)40(23-29-12-14-30(37)15-13-29)35(42)24-41(33-19-16-31(38)20-27(33)4)46(44,45)32-17-10-26(3)11-18-32/h5-20,25,34H,21-24H2,1-4H3,(H,39,43)/t34-/m1/s1. The minimum absolute atomic E-state index is 0.0511. The lowest BCUT2D eigenvalue weighted by Crippen LogP contribution is -2.53. The fourth-order valence-electron chi connectivity index (χ4n) is 5.01. The van der Waals surface area contributed by atoms with Crippen LogP contribution >= 0.6 is 27.5 Å². The fraction of sp³-hybridized carbons (Fsp3) is 0.278. The van der Waals surface area contributed by atoms with Crippen LogP contribution in [-0.2, 0) is 32.6 Å². The quantitative estimate of drug-likeness (QED) is 0.157. The van der Waals surface area contributed by atoms with Crippen molar-refractivity contribution in [2.75, 3.05) is 17.4 Å². The Morgan fingerprint density at radius 1 is 0.870 bits per heavy atom. The summed E-state index contributed by atoms with van der Waals surface area (Å²) >= 11 is 9.70. The first kappa shape index (κ1) is 35.2. The van der Waals surface area contributed by atoms with Gasteiger partial charge >= 0.3 is 0 Å². The number of halogens is 2. The van der Waals surface area contributed by atoms with E-state index in [-0.39, 0.29) is 29.7 Å². The third-order valence-electron chi connectivity index (χ3n) is 7.54. The van der Waals surface area contributed by atoms with E-state index < -0.39 is 28.5 Å². The Labute approximate surface area is 285 Å². The van der Waals surface area contributed by atoms with Crippen molar-refractivity contribution in [1.29, 1.82) is 0 Å². The minimum Gasteiger partial charge on any atom is -0.354 e. The summed E-state index contributed by atoms with van der Waals surface area (Å²) in [4.78, 5) is 30.0. The number of rotatable bonds is 13. The van der Waals surface area contributed by atoms with Crippen molar-refractivity contribution < 1.29 is 18.0 Å². The topological polar surface area (TPSA) is 86.8 Å². The largest absolute Gasteiger partial charge is 0.354 e. The van der Waals surface area contributed by atoms with E-state index in [1.807, 2.05) is 75.4 Å². The van der Waals surface area contributed by atoms with Crippen LogP contribution in [0.4, 0.5) is 5.69 Å². The molecule has 1 atom stereocenters. The van der Waals surface area contributed by atoms with Crippen molar-refractivity contribution in [2.24, 2.45) is 5.92 Å². The Hall–Kier alpha value is -3.66. The summed E-state index contributed by atoms with van der Waals surface area (Å²) in [5.74, 6) is -0.632. The van der Waals surface area contributed by atoms with Crippen LogP contribution < -0.4 is 9.62 Å². The third kappa shape index (κ3) is 9.21. The molecule has 0 aliphatic carbocycles. The lowest BCUT2D eigenvalue weighted by molar-refractivity contribution is -0.140. The van der Waals surface area contributed by atoms with Crippen molar-refractivity contribution in [2.45, 2.75) is 51.6 Å². The molecule has 242 valence electrons. The van der Waals surface area contributed by atoms with Crippen LogP contribution in [0.1, 0.15) is 36.1 Å². The summed E-state index contributed by atoms with van der Waals surface area (Å²) in [7, 11) is -4.20. The van der Waals surface area contributed by atoms with E-state index >= 15 is 0 Å². The Kier molecular flexibility index (Phi) is 12.1. The van der Waals surface area contributed by atoms with Gasteiger partial charge in [-0.2, -0.15) is 0 Å². The molecule has 0 aromatic heterocycles.